The number of hydrogen-bond acceptors (Lipinski definition) is 5. The highest BCUT2D eigenvalue weighted by atomic mass is 16.5. The maximum atomic E-state index is 11.9. The standard InChI is InChI=1S/C43H64O5/c1-7-9-24-47-42-23-21-39(25-34(42)8-2)40-22-20-38(26-41(40)30(3)4)37-18-16-36(17-19-37)35-14-12-32(13-15-35)10-11-33(28-46-6)29-48-43(45)31(5)27-44/h20-23,25-26,30,32-33,35-37,44H,5,7-19,24,27-29H2,1-4,6H3. The highest BCUT2D eigenvalue weighted by molar-refractivity contribution is 5.87. The summed E-state index contributed by atoms with van der Waals surface area (Å²) in [5.74, 6) is 4.37. The smallest absolute Gasteiger partial charge is 0.335 e. The molecule has 5 heteroatoms. The quantitative estimate of drug-likeness (QED) is 0.0979. The molecule has 0 amide bonds. The van der Waals surface area contributed by atoms with Crippen LogP contribution in [-0.4, -0.2) is 44.6 Å². The highest BCUT2D eigenvalue weighted by Gasteiger charge is 2.32. The van der Waals surface area contributed by atoms with Crippen LogP contribution >= 0.6 is 0 Å². The molecule has 1 unspecified atom stereocenters. The van der Waals surface area contributed by atoms with Gasteiger partial charge in [-0.3, -0.25) is 0 Å². The average molecular weight is 661 g/mol. The lowest BCUT2D eigenvalue weighted by Crippen LogP contribution is -2.26. The molecule has 2 aliphatic rings. The summed E-state index contributed by atoms with van der Waals surface area (Å²) in [6.07, 6.45) is 16.1. The average Bonchev–Trinajstić information content (AvgIpc) is 3.12. The Morgan fingerprint density at radius 3 is 2.27 bits per heavy atom. The zero-order valence-corrected chi connectivity index (χ0v) is 30.7. The molecule has 266 valence electrons. The number of esters is 1. The third kappa shape index (κ3) is 10.7. The zero-order chi connectivity index (χ0) is 34.5. The first-order valence-corrected chi connectivity index (χ1v) is 19.1. The van der Waals surface area contributed by atoms with Crippen LogP contribution in [0.25, 0.3) is 11.1 Å². The van der Waals surface area contributed by atoms with Crippen LogP contribution in [0.3, 0.4) is 0 Å². The number of carbonyl (C=O) groups is 1. The summed E-state index contributed by atoms with van der Waals surface area (Å²) in [4.78, 5) is 11.9. The lowest BCUT2D eigenvalue weighted by Gasteiger charge is -2.38. The van der Waals surface area contributed by atoms with Crippen LogP contribution in [0.2, 0.25) is 0 Å². The van der Waals surface area contributed by atoms with Crippen LogP contribution in [0.4, 0.5) is 0 Å². The topological polar surface area (TPSA) is 65.0 Å². The summed E-state index contributed by atoms with van der Waals surface area (Å²) in [6.45, 7) is 14.0. The number of aryl methyl sites for hydroxylation is 1. The van der Waals surface area contributed by atoms with Crippen molar-refractivity contribution in [2.24, 2.45) is 23.7 Å². The molecule has 2 fully saturated rings. The molecular weight excluding hydrogens is 596 g/mol. The van der Waals surface area contributed by atoms with E-state index in [1.807, 2.05) is 0 Å². The molecule has 4 rings (SSSR count). The number of unbranched alkanes of at least 4 members (excludes halogenated alkanes) is 1. The minimum Gasteiger partial charge on any atom is -0.493 e. The normalized spacial score (nSPS) is 22.0. The van der Waals surface area contributed by atoms with Crippen LogP contribution in [0, 0.1) is 23.7 Å². The number of methoxy groups -OCH3 is 1. The molecule has 5 nitrogen and oxygen atoms in total. The first-order valence-electron chi connectivity index (χ1n) is 19.1. The highest BCUT2D eigenvalue weighted by Crippen LogP contribution is 2.45. The molecule has 0 aliphatic heterocycles. The van der Waals surface area contributed by atoms with Gasteiger partial charge < -0.3 is 19.3 Å². The van der Waals surface area contributed by atoms with Gasteiger partial charge in [0.05, 0.1) is 32.0 Å². The van der Waals surface area contributed by atoms with Crippen molar-refractivity contribution < 1.29 is 24.1 Å². The maximum absolute atomic E-state index is 11.9. The second kappa shape index (κ2) is 19.5. The summed E-state index contributed by atoms with van der Waals surface area (Å²) in [5, 5.41) is 9.12. The number of rotatable bonds is 18. The van der Waals surface area contributed by atoms with Gasteiger partial charge in [0, 0.05) is 13.0 Å². The summed E-state index contributed by atoms with van der Waals surface area (Å²) in [6, 6.07) is 14.2. The van der Waals surface area contributed by atoms with Crippen LogP contribution in [0.5, 0.6) is 5.75 Å². The minimum atomic E-state index is -0.508. The molecule has 0 spiro atoms. The number of ether oxygens (including phenoxy) is 3. The largest absolute Gasteiger partial charge is 0.493 e. The predicted molar refractivity (Wildman–Crippen MR) is 198 cm³/mol. The summed E-state index contributed by atoms with van der Waals surface area (Å²) in [7, 11) is 1.70. The van der Waals surface area contributed by atoms with Crippen LogP contribution < -0.4 is 4.74 Å². The fourth-order valence-corrected chi connectivity index (χ4v) is 8.22. The molecule has 0 bridgehead atoms. The van der Waals surface area contributed by atoms with Gasteiger partial charge in [-0.05, 0) is 134 Å². The van der Waals surface area contributed by atoms with E-state index in [4.69, 9.17) is 19.3 Å². The van der Waals surface area contributed by atoms with Crippen molar-refractivity contribution in [1.82, 2.24) is 0 Å². The van der Waals surface area contributed by atoms with Crippen molar-refractivity contribution in [3.63, 3.8) is 0 Å². The summed E-state index contributed by atoms with van der Waals surface area (Å²) >= 11 is 0. The van der Waals surface area contributed by atoms with Gasteiger partial charge in [0.25, 0.3) is 0 Å². The Morgan fingerprint density at radius 1 is 0.938 bits per heavy atom. The first kappa shape index (κ1) is 38.2. The monoisotopic (exact) mass is 660 g/mol. The van der Waals surface area contributed by atoms with Gasteiger partial charge in [0.15, 0.2) is 0 Å². The number of benzene rings is 2. The van der Waals surface area contributed by atoms with E-state index in [1.165, 1.54) is 79.2 Å². The molecule has 2 aromatic rings. The molecule has 0 saturated heterocycles. The SMILES string of the molecule is C=C(CO)C(=O)OCC(CCC1CCC(C2CCC(c3ccc(-c4ccc(OCCCC)c(CC)c4)c(C(C)C)c3)CC2)CC1)COC. The van der Waals surface area contributed by atoms with Crippen molar-refractivity contribution in [2.75, 3.05) is 33.5 Å². The van der Waals surface area contributed by atoms with Crippen LogP contribution in [0.15, 0.2) is 48.6 Å². The molecule has 0 heterocycles. The third-order valence-corrected chi connectivity index (χ3v) is 11.3. The fraction of sp³-hybridized carbons (Fsp3) is 0.651. The lowest BCUT2D eigenvalue weighted by atomic mass is 9.67. The van der Waals surface area contributed by atoms with E-state index in [9.17, 15) is 4.79 Å². The van der Waals surface area contributed by atoms with Gasteiger partial charge in [-0.2, -0.15) is 0 Å². The second-order valence-corrected chi connectivity index (χ2v) is 15.0. The van der Waals surface area contributed by atoms with E-state index >= 15 is 0 Å². The van der Waals surface area contributed by atoms with Crippen LogP contribution in [-0.2, 0) is 20.7 Å². The number of hydrogen-bond donors (Lipinski definition) is 1. The third-order valence-electron chi connectivity index (χ3n) is 11.3. The maximum Gasteiger partial charge on any atom is 0.335 e. The molecule has 0 radical (unpaired) electrons. The predicted octanol–water partition coefficient (Wildman–Crippen LogP) is 10.4. The fourth-order valence-electron chi connectivity index (χ4n) is 8.22. The van der Waals surface area contributed by atoms with E-state index < -0.39 is 5.97 Å². The Labute approximate surface area is 291 Å². The Balaban J connectivity index is 1.27. The zero-order valence-electron chi connectivity index (χ0n) is 30.7. The molecule has 2 saturated carbocycles. The van der Waals surface area contributed by atoms with Crippen LogP contribution in [0.1, 0.15) is 133 Å². The lowest BCUT2D eigenvalue weighted by molar-refractivity contribution is -0.141. The Bertz CT molecular complexity index is 1280. The van der Waals surface area contributed by atoms with E-state index in [0.29, 0.717) is 25.0 Å². The molecule has 2 aromatic carbocycles. The number of aliphatic hydroxyl groups is 1. The van der Waals surface area contributed by atoms with E-state index in [0.717, 1.165) is 62.2 Å². The first-order chi connectivity index (χ1) is 23.3. The minimum absolute atomic E-state index is 0.104. The van der Waals surface area contributed by atoms with Gasteiger partial charge in [0.2, 0.25) is 0 Å². The van der Waals surface area contributed by atoms with E-state index in [-0.39, 0.29) is 18.1 Å². The Morgan fingerprint density at radius 2 is 1.65 bits per heavy atom. The van der Waals surface area contributed by atoms with Gasteiger partial charge in [-0.1, -0.05) is 77.8 Å². The van der Waals surface area contributed by atoms with Crippen molar-refractivity contribution in [1.29, 1.82) is 0 Å². The molecule has 1 atom stereocenters. The van der Waals surface area contributed by atoms with Gasteiger partial charge in [-0.15, -0.1) is 0 Å². The van der Waals surface area contributed by atoms with Crippen molar-refractivity contribution in [3.8, 4) is 16.9 Å². The number of carbonyl (C=O) groups excluding carboxylic acids is 1. The van der Waals surface area contributed by atoms with E-state index in [2.05, 4.69) is 70.7 Å². The van der Waals surface area contributed by atoms with Gasteiger partial charge in [0.1, 0.15) is 5.75 Å². The number of aliphatic hydroxyl groups excluding tert-OH is 1. The molecule has 0 aromatic heterocycles. The van der Waals surface area contributed by atoms with Gasteiger partial charge >= 0.3 is 5.97 Å². The molecular formula is C43H64O5. The van der Waals surface area contributed by atoms with Crippen molar-refractivity contribution >= 4 is 5.97 Å². The Hall–Kier alpha value is -2.63. The van der Waals surface area contributed by atoms with Gasteiger partial charge in [-0.25, -0.2) is 4.79 Å². The summed E-state index contributed by atoms with van der Waals surface area (Å²) < 4.78 is 16.9. The molecule has 2 aliphatic carbocycles. The van der Waals surface area contributed by atoms with Crippen molar-refractivity contribution in [3.05, 3.63) is 65.2 Å². The summed E-state index contributed by atoms with van der Waals surface area (Å²) in [5.41, 5.74) is 7.10. The Kier molecular flexibility index (Phi) is 15.5. The van der Waals surface area contributed by atoms with E-state index in [1.54, 1.807) is 7.11 Å². The molecule has 48 heavy (non-hydrogen) atoms. The van der Waals surface area contributed by atoms with Crippen molar-refractivity contribution in [2.45, 2.75) is 123 Å². The second-order valence-electron chi connectivity index (χ2n) is 15.0. The molecule has 1 N–H and O–H groups in total.